The highest BCUT2D eigenvalue weighted by Crippen LogP contribution is 2.19. The highest BCUT2D eigenvalue weighted by atomic mass is 14.9. The van der Waals surface area contributed by atoms with E-state index in [9.17, 15) is 0 Å². The molecule has 2 unspecified atom stereocenters. The van der Waals surface area contributed by atoms with Crippen molar-refractivity contribution in [3.05, 3.63) is 0 Å². The molecule has 66 valence electrons. The van der Waals surface area contributed by atoms with Crippen molar-refractivity contribution in [3.63, 3.8) is 0 Å². The molecule has 1 rings (SSSR count). The Balaban J connectivity index is 2.29. The van der Waals surface area contributed by atoms with E-state index in [0.29, 0.717) is 6.04 Å². The highest BCUT2D eigenvalue weighted by Gasteiger charge is 2.21. The van der Waals surface area contributed by atoms with E-state index >= 15 is 0 Å². The van der Waals surface area contributed by atoms with Crippen LogP contribution in [0.2, 0.25) is 0 Å². The Morgan fingerprint density at radius 1 is 1.55 bits per heavy atom. The van der Waals surface area contributed by atoms with Crippen molar-refractivity contribution < 1.29 is 0 Å². The maximum Gasteiger partial charge on any atom is 0.0194 e. The molecule has 0 radical (unpaired) electrons. The zero-order valence-corrected chi connectivity index (χ0v) is 7.64. The van der Waals surface area contributed by atoms with Gasteiger partial charge in [-0.15, -0.1) is 0 Å². The summed E-state index contributed by atoms with van der Waals surface area (Å²) >= 11 is 0. The molecule has 0 bridgehead atoms. The lowest BCUT2D eigenvalue weighted by Gasteiger charge is -2.30. The van der Waals surface area contributed by atoms with Crippen LogP contribution in [0.4, 0.5) is 0 Å². The Morgan fingerprint density at radius 3 is 2.82 bits per heavy atom. The Morgan fingerprint density at radius 2 is 2.27 bits per heavy atom. The molecule has 0 amide bonds. The van der Waals surface area contributed by atoms with Gasteiger partial charge in [-0.3, -0.25) is 0 Å². The van der Waals surface area contributed by atoms with Crippen LogP contribution in [0.3, 0.4) is 0 Å². The van der Waals surface area contributed by atoms with Crippen molar-refractivity contribution in [2.45, 2.75) is 32.7 Å². The molecule has 2 nitrogen and oxygen atoms in total. The van der Waals surface area contributed by atoms with Gasteiger partial charge in [-0.2, -0.15) is 0 Å². The van der Waals surface area contributed by atoms with Gasteiger partial charge in [0.1, 0.15) is 0 Å². The molecule has 1 heterocycles. The van der Waals surface area contributed by atoms with Crippen LogP contribution in [0.5, 0.6) is 0 Å². The molecule has 0 aromatic rings. The van der Waals surface area contributed by atoms with Gasteiger partial charge in [-0.25, -0.2) is 0 Å². The van der Waals surface area contributed by atoms with Gasteiger partial charge < -0.3 is 11.1 Å². The molecule has 2 atom stereocenters. The van der Waals surface area contributed by atoms with Crippen molar-refractivity contribution in [2.75, 3.05) is 13.1 Å². The molecule has 0 aliphatic carbocycles. The quantitative estimate of drug-likeness (QED) is 0.625. The average molecular weight is 156 g/mol. The fourth-order valence-electron chi connectivity index (χ4n) is 1.84. The van der Waals surface area contributed by atoms with E-state index in [4.69, 9.17) is 5.73 Å². The molecule has 11 heavy (non-hydrogen) atoms. The van der Waals surface area contributed by atoms with Crippen LogP contribution in [-0.4, -0.2) is 19.1 Å². The van der Waals surface area contributed by atoms with E-state index in [2.05, 4.69) is 19.2 Å². The molecule has 3 N–H and O–H groups in total. The SMILES string of the molecule is CC(C)CC1CCNCC1N. The third kappa shape index (κ3) is 2.80. The molecule has 1 fully saturated rings. The number of hydrogen-bond acceptors (Lipinski definition) is 2. The lowest BCUT2D eigenvalue weighted by molar-refractivity contribution is 0.278. The maximum absolute atomic E-state index is 5.96. The first-order chi connectivity index (χ1) is 5.20. The fraction of sp³-hybridized carbons (Fsp3) is 1.00. The molecule has 2 heteroatoms. The first kappa shape index (κ1) is 9.01. The number of rotatable bonds is 2. The van der Waals surface area contributed by atoms with Gasteiger partial charge >= 0.3 is 0 Å². The van der Waals surface area contributed by atoms with Gasteiger partial charge in [0.05, 0.1) is 0 Å². The topological polar surface area (TPSA) is 38.0 Å². The average Bonchev–Trinajstić information content (AvgIpc) is 1.93. The first-order valence-electron chi connectivity index (χ1n) is 4.66. The fourth-order valence-corrected chi connectivity index (χ4v) is 1.84. The summed E-state index contributed by atoms with van der Waals surface area (Å²) in [6, 6.07) is 0.395. The van der Waals surface area contributed by atoms with Crippen LogP contribution < -0.4 is 11.1 Å². The standard InChI is InChI=1S/C9H20N2/c1-7(2)5-8-3-4-11-6-9(8)10/h7-9,11H,3-6,10H2,1-2H3. The minimum absolute atomic E-state index is 0.395. The van der Waals surface area contributed by atoms with E-state index in [0.717, 1.165) is 24.9 Å². The molecular weight excluding hydrogens is 136 g/mol. The van der Waals surface area contributed by atoms with E-state index in [1.54, 1.807) is 0 Å². The smallest absolute Gasteiger partial charge is 0.0194 e. The number of hydrogen-bond donors (Lipinski definition) is 2. The molecule has 0 saturated carbocycles. The van der Waals surface area contributed by atoms with Crippen LogP contribution in [0.15, 0.2) is 0 Å². The van der Waals surface area contributed by atoms with Crippen LogP contribution in [0, 0.1) is 11.8 Å². The van der Waals surface area contributed by atoms with Crippen LogP contribution >= 0.6 is 0 Å². The van der Waals surface area contributed by atoms with Gasteiger partial charge in [0.2, 0.25) is 0 Å². The van der Waals surface area contributed by atoms with Crippen molar-refractivity contribution in [3.8, 4) is 0 Å². The summed E-state index contributed by atoms with van der Waals surface area (Å²) in [5.74, 6) is 1.56. The Kier molecular flexibility index (Phi) is 3.34. The molecule has 0 spiro atoms. The summed E-state index contributed by atoms with van der Waals surface area (Å²) in [5.41, 5.74) is 5.96. The highest BCUT2D eigenvalue weighted by molar-refractivity contribution is 4.80. The summed E-state index contributed by atoms with van der Waals surface area (Å²) in [7, 11) is 0. The second-order valence-electron chi connectivity index (χ2n) is 4.05. The van der Waals surface area contributed by atoms with Crippen molar-refractivity contribution in [2.24, 2.45) is 17.6 Å². The van der Waals surface area contributed by atoms with Gasteiger partial charge in [0, 0.05) is 12.6 Å². The zero-order valence-electron chi connectivity index (χ0n) is 7.64. The predicted octanol–water partition coefficient (Wildman–Crippen LogP) is 0.969. The zero-order chi connectivity index (χ0) is 8.27. The lowest BCUT2D eigenvalue weighted by Crippen LogP contribution is -2.46. The molecule has 1 aliphatic heterocycles. The third-order valence-electron chi connectivity index (χ3n) is 2.45. The van der Waals surface area contributed by atoms with E-state index in [-0.39, 0.29) is 0 Å². The van der Waals surface area contributed by atoms with Crippen LogP contribution in [0.25, 0.3) is 0 Å². The van der Waals surface area contributed by atoms with Crippen LogP contribution in [-0.2, 0) is 0 Å². The van der Waals surface area contributed by atoms with Crippen molar-refractivity contribution in [1.29, 1.82) is 0 Å². The first-order valence-corrected chi connectivity index (χ1v) is 4.66. The molecule has 1 saturated heterocycles. The summed E-state index contributed by atoms with van der Waals surface area (Å²) in [6.07, 6.45) is 2.56. The van der Waals surface area contributed by atoms with Crippen molar-refractivity contribution >= 4 is 0 Å². The number of nitrogens with two attached hydrogens (primary N) is 1. The van der Waals surface area contributed by atoms with Gasteiger partial charge in [0.25, 0.3) is 0 Å². The maximum atomic E-state index is 5.96. The Labute approximate surface area is 69.5 Å². The largest absolute Gasteiger partial charge is 0.326 e. The monoisotopic (exact) mass is 156 g/mol. The minimum atomic E-state index is 0.395. The molecule has 1 aliphatic rings. The van der Waals surface area contributed by atoms with E-state index in [1.165, 1.54) is 12.8 Å². The Hall–Kier alpha value is -0.0800. The normalized spacial score (nSPS) is 32.7. The summed E-state index contributed by atoms with van der Waals surface area (Å²) in [4.78, 5) is 0. The van der Waals surface area contributed by atoms with E-state index < -0.39 is 0 Å². The summed E-state index contributed by atoms with van der Waals surface area (Å²) in [5, 5.41) is 3.31. The van der Waals surface area contributed by atoms with Gasteiger partial charge in [-0.05, 0) is 31.2 Å². The molecular formula is C9H20N2. The van der Waals surface area contributed by atoms with E-state index in [1.807, 2.05) is 0 Å². The van der Waals surface area contributed by atoms with Gasteiger partial charge in [-0.1, -0.05) is 13.8 Å². The molecule has 0 aromatic carbocycles. The number of piperidine rings is 1. The Bertz CT molecular complexity index is 112. The summed E-state index contributed by atoms with van der Waals surface area (Å²) in [6.45, 7) is 6.71. The predicted molar refractivity (Wildman–Crippen MR) is 48.4 cm³/mol. The van der Waals surface area contributed by atoms with Crippen LogP contribution in [0.1, 0.15) is 26.7 Å². The van der Waals surface area contributed by atoms with Crippen molar-refractivity contribution in [1.82, 2.24) is 5.32 Å². The third-order valence-corrected chi connectivity index (χ3v) is 2.45. The summed E-state index contributed by atoms with van der Waals surface area (Å²) < 4.78 is 0. The second-order valence-corrected chi connectivity index (χ2v) is 4.05. The van der Waals surface area contributed by atoms with Gasteiger partial charge in [0.15, 0.2) is 0 Å². The lowest BCUT2D eigenvalue weighted by atomic mass is 9.86. The molecule has 0 aromatic heterocycles. The minimum Gasteiger partial charge on any atom is -0.326 e. The second kappa shape index (κ2) is 4.07. The number of nitrogens with one attached hydrogen (secondary N) is 1.